The summed E-state index contributed by atoms with van der Waals surface area (Å²) in [5, 5.41) is 17.0. The number of primary sulfonamides is 1. The van der Waals surface area contributed by atoms with Crippen molar-refractivity contribution >= 4 is 33.4 Å². The highest BCUT2D eigenvalue weighted by molar-refractivity contribution is 7.99. The van der Waals surface area contributed by atoms with Crippen molar-refractivity contribution in [2.75, 3.05) is 11.1 Å². The van der Waals surface area contributed by atoms with Crippen LogP contribution in [0.5, 0.6) is 0 Å². The molecule has 0 spiro atoms. The van der Waals surface area contributed by atoms with Crippen LogP contribution in [0, 0.1) is 20.8 Å². The zero-order valence-electron chi connectivity index (χ0n) is 17.8. The van der Waals surface area contributed by atoms with E-state index >= 15 is 0 Å². The van der Waals surface area contributed by atoms with E-state index in [2.05, 4.69) is 21.6 Å². The van der Waals surface area contributed by atoms with Gasteiger partial charge < -0.3 is 5.32 Å². The number of hydrogen-bond donors (Lipinski definition) is 2. The smallest absolute Gasteiger partial charge is 0.238 e. The number of amides is 1. The lowest BCUT2D eigenvalue weighted by Crippen LogP contribution is -2.17. The molecule has 0 radical (unpaired) electrons. The number of thioether (sulfide) groups is 1. The third-order valence-corrected chi connectivity index (χ3v) is 6.69. The van der Waals surface area contributed by atoms with Gasteiger partial charge in [0.15, 0.2) is 5.16 Å². The zero-order valence-corrected chi connectivity index (χ0v) is 19.5. The van der Waals surface area contributed by atoms with Crippen LogP contribution in [-0.2, 0) is 21.2 Å². The maximum Gasteiger partial charge on any atom is 0.238 e. The predicted molar refractivity (Wildman–Crippen MR) is 122 cm³/mol. The highest BCUT2D eigenvalue weighted by Crippen LogP contribution is 2.25. The lowest BCUT2D eigenvalue weighted by atomic mass is 10.1. The molecule has 0 saturated heterocycles. The standard InChI is InChI=1S/C21H25N5O3S2/c1-5-16-8-9-17(11-19(16)31(22,28)29)23-20(27)12-30-21-25-24-15(4)26(21)18-10-13(2)6-7-14(18)3/h6-11H,5,12H2,1-4H3,(H,23,27)(H2,22,28,29). The summed E-state index contributed by atoms with van der Waals surface area (Å²) in [6.45, 7) is 7.73. The van der Waals surface area contributed by atoms with Crippen LogP contribution in [0.4, 0.5) is 5.69 Å². The minimum Gasteiger partial charge on any atom is -0.325 e. The summed E-state index contributed by atoms with van der Waals surface area (Å²) in [6.07, 6.45) is 0.517. The highest BCUT2D eigenvalue weighted by Gasteiger charge is 2.17. The summed E-state index contributed by atoms with van der Waals surface area (Å²) in [5.74, 6) is 0.524. The molecule has 31 heavy (non-hydrogen) atoms. The van der Waals surface area contributed by atoms with Crippen LogP contribution in [0.3, 0.4) is 0 Å². The SMILES string of the molecule is CCc1ccc(NC(=O)CSc2nnc(C)n2-c2cc(C)ccc2C)cc1S(N)(=O)=O. The number of sulfonamides is 1. The number of nitrogens with two attached hydrogens (primary N) is 1. The molecule has 3 N–H and O–H groups in total. The fourth-order valence-corrected chi connectivity index (χ4v) is 4.85. The first-order valence-corrected chi connectivity index (χ1v) is 12.2. The van der Waals surface area contributed by atoms with Crippen LogP contribution >= 0.6 is 11.8 Å². The Balaban J connectivity index is 1.77. The number of benzene rings is 2. The second-order valence-corrected chi connectivity index (χ2v) is 9.69. The van der Waals surface area contributed by atoms with Gasteiger partial charge in [0.05, 0.1) is 16.3 Å². The molecule has 3 rings (SSSR count). The molecule has 0 atom stereocenters. The van der Waals surface area contributed by atoms with Crippen LogP contribution in [0.2, 0.25) is 0 Å². The van der Waals surface area contributed by atoms with Gasteiger partial charge in [0.1, 0.15) is 5.82 Å². The monoisotopic (exact) mass is 459 g/mol. The van der Waals surface area contributed by atoms with E-state index < -0.39 is 10.0 Å². The maximum atomic E-state index is 12.5. The fourth-order valence-electron chi connectivity index (χ4n) is 3.19. The average molecular weight is 460 g/mol. The number of carbonyl (C=O) groups is 1. The minimum atomic E-state index is -3.88. The van der Waals surface area contributed by atoms with E-state index in [0.717, 1.165) is 22.6 Å². The van der Waals surface area contributed by atoms with Gasteiger partial charge in [-0.05, 0) is 62.1 Å². The summed E-state index contributed by atoms with van der Waals surface area (Å²) in [4.78, 5) is 12.5. The quantitative estimate of drug-likeness (QED) is 0.524. The molecule has 2 aromatic carbocycles. The third kappa shape index (κ3) is 5.33. The van der Waals surface area contributed by atoms with E-state index in [1.807, 2.05) is 44.4 Å². The van der Waals surface area contributed by atoms with Gasteiger partial charge in [0, 0.05) is 5.69 Å². The predicted octanol–water partition coefficient (Wildman–Crippen LogP) is 3.13. The third-order valence-electron chi connectivity index (χ3n) is 4.77. The highest BCUT2D eigenvalue weighted by atomic mass is 32.2. The topological polar surface area (TPSA) is 120 Å². The molecule has 1 heterocycles. The molecule has 0 bridgehead atoms. The molecule has 0 unspecified atom stereocenters. The number of nitrogens with zero attached hydrogens (tertiary/aromatic N) is 3. The fraction of sp³-hybridized carbons (Fsp3) is 0.286. The lowest BCUT2D eigenvalue weighted by molar-refractivity contribution is -0.113. The molecule has 164 valence electrons. The van der Waals surface area contributed by atoms with Crippen LogP contribution in [0.25, 0.3) is 5.69 Å². The molecule has 10 heteroatoms. The van der Waals surface area contributed by atoms with Gasteiger partial charge in [0.2, 0.25) is 15.9 Å². The molecule has 0 fully saturated rings. The van der Waals surface area contributed by atoms with E-state index in [4.69, 9.17) is 5.14 Å². The van der Waals surface area contributed by atoms with Gasteiger partial charge in [-0.2, -0.15) is 0 Å². The van der Waals surface area contributed by atoms with Crippen molar-refractivity contribution in [3.8, 4) is 5.69 Å². The Bertz CT molecular complexity index is 1240. The minimum absolute atomic E-state index is 0.0192. The van der Waals surface area contributed by atoms with Crippen molar-refractivity contribution < 1.29 is 13.2 Å². The van der Waals surface area contributed by atoms with Gasteiger partial charge >= 0.3 is 0 Å². The Labute approximate surface area is 186 Å². The van der Waals surface area contributed by atoms with Crippen LogP contribution in [-0.4, -0.2) is 34.8 Å². The zero-order chi connectivity index (χ0) is 22.8. The summed E-state index contributed by atoms with van der Waals surface area (Å²) >= 11 is 1.26. The van der Waals surface area contributed by atoms with Gasteiger partial charge in [-0.15, -0.1) is 10.2 Å². The molecule has 0 aliphatic rings. The first-order chi connectivity index (χ1) is 14.6. The average Bonchev–Trinajstić information content (AvgIpc) is 3.08. The van der Waals surface area contributed by atoms with Gasteiger partial charge in [-0.25, -0.2) is 13.6 Å². The Morgan fingerprint density at radius 3 is 2.55 bits per heavy atom. The molecule has 8 nitrogen and oxygen atoms in total. The molecular formula is C21H25N5O3S2. The number of rotatable bonds is 7. The molecule has 3 aromatic rings. The molecule has 0 saturated carbocycles. The van der Waals surface area contributed by atoms with Crippen molar-refractivity contribution in [3.05, 3.63) is 58.9 Å². The van der Waals surface area contributed by atoms with E-state index in [-0.39, 0.29) is 16.6 Å². The van der Waals surface area contributed by atoms with E-state index in [1.165, 1.54) is 17.8 Å². The first-order valence-electron chi connectivity index (χ1n) is 9.68. The molecule has 1 aromatic heterocycles. The Morgan fingerprint density at radius 1 is 1.13 bits per heavy atom. The number of anilines is 1. The van der Waals surface area contributed by atoms with Gasteiger partial charge in [-0.3, -0.25) is 9.36 Å². The Hall–Kier alpha value is -2.69. The maximum absolute atomic E-state index is 12.5. The van der Waals surface area contributed by atoms with Crippen molar-refractivity contribution in [3.63, 3.8) is 0 Å². The number of nitrogens with one attached hydrogen (secondary N) is 1. The van der Waals surface area contributed by atoms with Gasteiger partial charge in [0.25, 0.3) is 0 Å². The number of aromatic nitrogens is 3. The van der Waals surface area contributed by atoms with E-state index in [9.17, 15) is 13.2 Å². The van der Waals surface area contributed by atoms with Crippen molar-refractivity contribution in [2.24, 2.45) is 5.14 Å². The summed E-state index contributed by atoms with van der Waals surface area (Å²) in [5.41, 5.74) is 4.14. The second kappa shape index (κ2) is 9.21. The van der Waals surface area contributed by atoms with E-state index in [0.29, 0.717) is 22.8 Å². The van der Waals surface area contributed by atoms with Gasteiger partial charge in [-0.1, -0.05) is 36.9 Å². The molecular weight excluding hydrogens is 434 g/mol. The first kappa shape index (κ1) is 23.0. The van der Waals surface area contributed by atoms with Crippen molar-refractivity contribution in [1.29, 1.82) is 0 Å². The molecule has 1 amide bonds. The van der Waals surface area contributed by atoms with E-state index in [1.54, 1.807) is 12.1 Å². The largest absolute Gasteiger partial charge is 0.325 e. The normalized spacial score (nSPS) is 11.5. The van der Waals surface area contributed by atoms with Crippen LogP contribution in [0.15, 0.2) is 46.5 Å². The number of hydrogen-bond acceptors (Lipinski definition) is 6. The Kier molecular flexibility index (Phi) is 6.83. The molecule has 0 aliphatic carbocycles. The second-order valence-electron chi connectivity index (χ2n) is 7.21. The number of carbonyl (C=O) groups excluding carboxylic acids is 1. The van der Waals surface area contributed by atoms with Crippen molar-refractivity contribution in [2.45, 2.75) is 44.2 Å². The summed E-state index contributed by atoms with van der Waals surface area (Å²) < 4.78 is 25.6. The lowest BCUT2D eigenvalue weighted by Gasteiger charge is -2.13. The summed E-state index contributed by atoms with van der Waals surface area (Å²) in [6, 6.07) is 10.8. The van der Waals surface area contributed by atoms with Crippen molar-refractivity contribution in [1.82, 2.24) is 14.8 Å². The number of aryl methyl sites for hydroxylation is 4. The Morgan fingerprint density at radius 2 is 1.87 bits per heavy atom. The van der Waals surface area contributed by atoms with Crippen LogP contribution in [0.1, 0.15) is 29.4 Å². The van der Waals surface area contributed by atoms with Crippen LogP contribution < -0.4 is 10.5 Å². The molecule has 0 aliphatic heterocycles. The summed E-state index contributed by atoms with van der Waals surface area (Å²) in [7, 11) is -3.88.